The number of rotatable bonds is 9. The van der Waals surface area contributed by atoms with E-state index in [1.807, 2.05) is 12.1 Å². The minimum absolute atomic E-state index is 0.0160. The van der Waals surface area contributed by atoms with Gasteiger partial charge in [-0.05, 0) is 39.0 Å². The highest BCUT2D eigenvalue weighted by molar-refractivity contribution is 7.99. The molecule has 29 heavy (non-hydrogen) atoms. The Balaban J connectivity index is 1.48. The molecule has 0 aliphatic rings. The van der Waals surface area contributed by atoms with E-state index in [4.69, 9.17) is 0 Å². The zero-order chi connectivity index (χ0) is 20.6. The Morgan fingerprint density at radius 3 is 2.55 bits per heavy atom. The maximum absolute atomic E-state index is 12.2. The molecule has 0 aliphatic carbocycles. The molecule has 0 radical (unpaired) electrons. The first kappa shape index (κ1) is 21.5. The topological polar surface area (TPSA) is 59.8 Å². The van der Waals surface area contributed by atoms with Crippen molar-refractivity contribution < 1.29 is 4.79 Å². The van der Waals surface area contributed by atoms with Crippen molar-refractivity contribution in [2.45, 2.75) is 37.4 Å². The largest absolute Gasteiger partial charge is 0.355 e. The SMILES string of the molecule is CCn1c(SCC(=O)NCCSc2ccc(C)cc2)nnc1-c1cccc(C)c1. The molecule has 3 rings (SSSR count). The van der Waals surface area contributed by atoms with Crippen LogP contribution in [-0.4, -0.2) is 38.7 Å². The molecule has 0 atom stereocenters. The van der Waals surface area contributed by atoms with Crippen molar-refractivity contribution in [3.8, 4) is 11.4 Å². The number of amides is 1. The summed E-state index contributed by atoms with van der Waals surface area (Å²) in [6.07, 6.45) is 0. The number of carbonyl (C=O) groups is 1. The van der Waals surface area contributed by atoms with Crippen LogP contribution in [0.1, 0.15) is 18.1 Å². The van der Waals surface area contributed by atoms with Gasteiger partial charge in [-0.3, -0.25) is 4.79 Å². The maximum Gasteiger partial charge on any atom is 0.230 e. The highest BCUT2D eigenvalue weighted by atomic mass is 32.2. The Bertz CT molecular complexity index is 954. The summed E-state index contributed by atoms with van der Waals surface area (Å²) in [6.45, 7) is 7.61. The van der Waals surface area contributed by atoms with E-state index in [9.17, 15) is 4.79 Å². The molecule has 1 amide bonds. The fourth-order valence-electron chi connectivity index (χ4n) is 2.85. The number of carbonyl (C=O) groups excluding carboxylic acids is 1. The van der Waals surface area contributed by atoms with Gasteiger partial charge >= 0.3 is 0 Å². The molecular formula is C22H26N4OS2. The molecule has 0 aliphatic heterocycles. The molecule has 3 aromatic rings. The lowest BCUT2D eigenvalue weighted by molar-refractivity contribution is -0.118. The van der Waals surface area contributed by atoms with Crippen LogP contribution in [0, 0.1) is 13.8 Å². The van der Waals surface area contributed by atoms with E-state index in [0.29, 0.717) is 12.3 Å². The lowest BCUT2D eigenvalue weighted by Crippen LogP contribution is -2.27. The third kappa shape index (κ3) is 6.11. The minimum Gasteiger partial charge on any atom is -0.355 e. The van der Waals surface area contributed by atoms with Gasteiger partial charge in [0.05, 0.1) is 5.75 Å². The first-order valence-corrected chi connectivity index (χ1v) is 11.6. The van der Waals surface area contributed by atoms with Crippen LogP contribution in [-0.2, 0) is 11.3 Å². The molecule has 1 aromatic heterocycles. The van der Waals surface area contributed by atoms with Gasteiger partial charge in [-0.15, -0.1) is 22.0 Å². The van der Waals surface area contributed by atoms with Gasteiger partial charge < -0.3 is 9.88 Å². The molecule has 0 saturated heterocycles. The van der Waals surface area contributed by atoms with E-state index in [1.165, 1.54) is 27.8 Å². The Hall–Kier alpha value is -2.25. The molecule has 5 nitrogen and oxygen atoms in total. The van der Waals surface area contributed by atoms with Crippen LogP contribution in [0.3, 0.4) is 0 Å². The number of aromatic nitrogens is 3. The fourth-order valence-corrected chi connectivity index (χ4v) is 4.45. The number of aryl methyl sites for hydroxylation is 2. The Labute approximate surface area is 180 Å². The molecule has 0 spiro atoms. The zero-order valence-electron chi connectivity index (χ0n) is 17.0. The van der Waals surface area contributed by atoms with Crippen molar-refractivity contribution in [2.24, 2.45) is 0 Å². The van der Waals surface area contributed by atoms with E-state index in [0.717, 1.165) is 28.8 Å². The Morgan fingerprint density at radius 2 is 1.83 bits per heavy atom. The van der Waals surface area contributed by atoms with Crippen molar-refractivity contribution in [2.75, 3.05) is 18.1 Å². The molecule has 1 N–H and O–H groups in total. The van der Waals surface area contributed by atoms with Crippen LogP contribution in [0.2, 0.25) is 0 Å². The average Bonchev–Trinajstić information content (AvgIpc) is 3.14. The highest BCUT2D eigenvalue weighted by Gasteiger charge is 2.14. The van der Waals surface area contributed by atoms with E-state index in [2.05, 4.69) is 77.3 Å². The third-order valence-electron chi connectivity index (χ3n) is 4.36. The highest BCUT2D eigenvalue weighted by Crippen LogP contribution is 2.24. The monoisotopic (exact) mass is 426 g/mol. The molecule has 152 valence electrons. The summed E-state index contributed by atoms with van der Waals surface area (Å²) in [7, 11) is 0. The smallest absolute Gasteiger partial charge is 0.230 e. The number of thioether (sulfide) groups is 2. The third-order valence-corrected chi connectivity index (χ3v) is 6.34. The number of hydrogen-bond acceptors (Lipinski definition) is 5. The van der Waals surface area contributed by atoms with E-state index < -0.39 is 0 Å². The van der Waals surface area contributed by atoms with E-state index in [1.54, 1.807) is 11.8 Å². The molecule has 0 fully saturated rings. The molecule has 7 heteroatoms. The van der Waals surface area contributed by atoms with Gasteiger partial charge in [0.2, 0.25) is 5.91 Å². The predicted octanol–water partition coefficient (Wildman–Crippen LogP) is 4.58. The van der Waals surface area contributed by atoms with Gasteiger partial charge in [-0.1, -0.05) is 53.2 Å². The summed E-state index contributed by atoms with van der Waals surface area (Å²) < 4.78 is 2.06. The summed E-state index contributed by atoms with van der Waals surface area (Å²) in [5, 5.41) is 12.4. The number of hydrogen-bond donors (Lipinski definition) is 1. The predicted molar refractivity (Wildman–Crippen MR) is 122 cm³/mol. The Morgan fingerprint density at radius 1 is 1.03 bits per heavy atom. The second-order valence-electron chi connectivity index (χ2n) is 6.72. The first-order chi connectivity index (χ1) is 14.1. The summed E-state index contributed by atoms with van der Waals surface area (Å²) in [4.78, 5) is 13.4. The summed E-state index contributed by atoms with van der Waals surface area (Å²) in [6, 6.07) is 16.7. The summed E-state index contributed by atoms with van der Waals surface area (Å²) >= 11 is 3.17. The van der Waals surface area contributed by atoms with Crippen molar-refractivity contribution in [1.29, 1.82) is 0 Å². The Kier molecular flexibility index (Phi) is 7.77. The van der Waals surface area contributed by atoms with Crippen LogP contribution in [0.4, 0.5) is 0 Å². The van der Waals surface area contributed by atoms with Gasteiger partial charge in [0.15, 0.2) is 11.0 Å². The van der Waals surface area contributed by atoms with Crippen LogP contribution in [0.5, 0.6) is 0 Å². The van der Waals surface area contributed by atoms with Crippen LogP contribution in [0.25, 0.3) is 11.4 Å². The second kappa shape index (κ2) is 10.5. The molecule has 0 saturated carbocycles. The minimum atomic E-state index is 0.0160. The molecule has 1 heterocycles. The maximum atomic E-state index is 12.2. The van der Waals surface area contributed by atoms with Crippen molar-refractivity contribution in [3.63, 3.8) is 0 Å². The first-order valence-electron chi connectivity index (χ1n) is 9.66. The fraction of sp³-hybridized carbons (Fsp3) is 0.318. The molecule has 0 bridgehead atoms. The molecule has 0 unspecified atom stereocenters. The standard InChI is InChI=1S/C22H26N4OS2/c1-4-26-21(18-7-5-6-17(3)14-18)24-25-22(26)29-15-20(27)23-12-13-28-19-10-8-16(2)9-11-19/h5-11,14H,4,12-13,15H2,1-3H3,(H,23,27). The number of benzene rings is 2. The van der Waals surface area contributed by atoms with Gasteiger partial charge in [0.1, 0.15) is 0 Å². The van der Waals surface area contributed by atoms with Crippen molar-refractivity contribution in [1.82, 2.24) is 20.1 Å². The summed E-state index contributed by atoms with van der Waals surface area (Å²) in [5.41, 5.74) is 3.49. The van der Waals surface area contributed by atoms with Gasteiger partial charge in [0, 0.05) is 29.3 Å². The van der Waals surface area contributed by atoms with Gasteiger partial charge in [0.25, 0.3) is 0 Å². The lowest BCUT2D eigenvalue weighted by atomic mass is 10.1. The van der Waals surface area contributed by atoms with Crippen LogP contribution >= 0.6 is 23.5 Å². The van der Waals surface area contributed by atoms with Crippen LogP contribution < -0.4 is 5.32 Å². The van der Waals surface area contributed by atoms with E-state index in [-0.39, 0.29) is 5.91 Å². The van der Waals surface area contributed by atoms with Crippen molar-refractivity contribution >= 4 is 29.4 Å². The second-order valence-corrected chi connectivity index (χ2v) is 8.83. The van der Waals surface area contributed by atoms with Gasteiger partial charge in [-0.2, -0.15) is 0 Å². The average molecular weight is 427 g/mol. The molecule has 2 aromatic carbocycles. The normalized spacial score (nSPS) is 10.9. The number of nitrogens with zero attached hydrogens (tertiary/aromatic N) is 3. The lowest BCUT2D eigenvalue weighted by Gasteiger charge is -2.08. The van der Waals surface area contributed by atoms with Crippen LogP contribution in [0.15, 0.2) is 58.6 Å². The summed E-state index contributed by atoms with van der Waals surface area (Å²) in [5.74, 6) is 2.04. The van der Waals surface area contributed by atoms with E-state index >= 15 is 0 Å². The zero-order valence-corrected chi connectivity index (χ0v) is 18.6. The van der Waals surface area contributed by atoms with Crippen molar-refractivity contribution in [3.05, 3.63) is 59.7 Å². The quantitative estimate of drug-likeness (QED) is 0.401. The van der Waals surface area contributed by atoms with Gasteiger partial charge in [-0.25, -0.2) is 0 Å². The number of nitrogens with one attached hydrogen (secondary N) is 1. The molecular weight excluding hydrogens is 400 g/mol.